The second-order valence-corrected chi connectivity index (χ2v) is 9.08. The lowest BCUT2D eigenvalue weighted by molar-refractivity contribution is 0.238. The number of aryl methyl sites for hydroxylation is 1. The number of urea groups is 1. The van der Waals surface area contributed by atoms with Crippen LogP contribution in [0, 0.1) is 6.92 Å². The average molecular weight is 369 g/mol. The number of anilines is 1. The quantitative estimate of drug-likeness (QED) is 0.846. The molecule has 1 saturated heterocycles. The van der Waals surface area contributed by atoms with Crippen LogP contribution in [0.5, 0.6) is 0 Å². The molecular weight excluding hydrogens is 342 g/mol. The lowest BCUT2D eigenvalue weighted by Crippen LogP contribution is -2.47. The maximum Gasteiger partial charge on any atom is 0.320 e. The van der Waals surface area contributed by atoms with E-state index >= 15 is 0 Å². The zero-order valence-electron chi connectivity index (χ0n) is 14.9. The molecule has 0 aromatic carbocycles. The zero-order chi connectivity index (χ0) is 18.0. The van der Waals surface area contributed by atoms with Crippen LogP contribution in [-0.4, -0.2) is 53.9 Å². The van der Waals surface area contributed by atoms with Crippen LogP contribution in [0.3, 0.4) is 0 Å². The van der Waals surface area contributed by atoms with Crippen molar-refractivity contribution in [3.05, 3.63) is 11.8 Å². The van der Waals surface area contributed by atoms with Crippen molar-refractivity contribution in [3.63, 3.8) is 0 Å². The minimum Gasteiger partial charge on any atom is -0.335 e. The molecule has 2 amide bonds. The Bertz CT molecular complexity index is 716. The predicted octanol–water partition coefficient (Wildman–Crippen LogP) is 1.85. The number of hydrogen-bond donors (Lipinski definition) is 2. The number of carbonyl (C=O) groups excluding carboxylic acids is 1. The van der Waals surface area contributed by atoms with Gasteiger partial charge in [0, 0.05) is 24.7 Å². The SMILES string of the molecule is Cc1cnn(C2CCCC2)c1NC(=O)NC1CCN(S(C)(=O)=O)CC1. The summed E-state index contributed by atoms with van der Waals surface area (Å²) in [7, 11) is -3.15. The second kappa shape index (κ2) is 7.33. The molecule has 3 rings (SSSR count). The topological polar surface area (TPSA) is 96.3 Å². The van der Waals surface area contributed by atoms with Crippen LogP contribution in [0.4, 0.5) is 10.6 Å². The van der Waals surface area contributed by atoms with E-state index in [1.165, 1.54) is 23.4 Å². The number of piperidine rings is 1. The van der Waals surface area contributed by atoms with Gasteiger partial charge >= 0.3 is 6.03 Å². The van der Waals surface area contributed by atoms with Gasteiger partial charge in [0.2, 0.25) is 10.0 Å². The molecule has 2 heterocycles. The standard InChI is InChI=1S/C16H27N5O3S/c1-12-11-17-21(14-5-3-4-6-14)15(12)19-16(22)18-13-7-9-20(10-8-13)25(2,23)24/h11,13-14H,3-10H2,1-2H3,(H2,18,19,22). The fraction of sp³-hybridized carbons (Fsp3) is 0.750. The second-order valence-electron chi connectivity index (χ2n) is 7.09. The van der Waals surface area contributed by atoms with Crippen LogP contribution in [0.25, 0.3) is 0 Å². The third-order valence-electron chi connectivity index (χ3n) is 5.14. The number of nitrogens with one attached hydrogen (secondary N) is 2. The number of aromatic nitrogens is 2. The number of hydrogen-bond acceptors (Lipinski definition) is 4. The molecule has 1 aliphatic heterocycles. The number of rotatable bonds is 4. The van der Waals surface area contributed by atoms with Crippen molar-refractivity contribution >= 4 is 21.9 Å². The normalized spacial score (nSPS) is 20.7. The monoisotopic (exact) mass is 369 g/mol. The Balaban J connectivity index is 1.56. The first-order chi connectivity index (χ1) is 11.8. The Morgan fingerprint density at radius 3 is 2.44 bits per heavy atom. The lowest BCUT2D eigenvalue weighted by atomic mass is 10.1. The van der Waals surface area contributed by atoms with Crippen molar-refractivity contribution in [2.24, 2.45) is 0 Å². The number of nitrogens with zero attached hydrogens (tertiary/aromatic N) is 3. The van der Waals surface area contributed by atoms with Gasteiger partial charge in [-0.3, -0.25) is 5.32 Å². The highest BCUT2D eigenvalue weighted by molar-refractivity contribution is 7.88. The first-order valence-corrected chi connectivity index (χ1v) is 10.8. The van der Waals surface area contributed by atoms with Gasteiger partial charge in [-0.2, -0.15) is 5.10 Å². The highest BCUT2D eigenvalue weighted by Crippen LogP contribution is 2.32. The number of sulfonamides is 1. The summed E-state index contributed by atoms with van der Waals surface area (Å²) in [6.45, 7) is 2.84. The van der Waals surface area contributed by atoms with E-state index in [-0.39, 0.29) is 12.1 Å². The molecule has 2 aliphatic rings. The Morgan fingerprint density at radius 1 is 1.20 bits per heavy atom. The molecule has 8 nitrogen and oxygen atoms in total. The van der Waals surface area contributed by atoms with Crippen molar-refractivity contribution in [2.75, 3.05) is 24.7 Å². The summed E-state index contributed by atoms with van der Waals surface area (Å²) < 4.78 is 26.5. The van der Waals surface area contributed by atoms with Crippen LogP contribution in [0.15, 0.2) is 6.20 Å². The van der Waals surface area contributed by atoms with E-state index in [2.05, 4.69) is 15.7 Å². The Morgan fingerprint density at radius 2 is 1.84 bits per heavy atom. The molecule has 2 fully saturated rings. The summed E-state index contributed by atoms with van der Waals surface area (Å²) in [5, 5.41) is 10.3. The minimum atomic E-state index is -3.15. The van der Waals surface area contributed by atoms with Crippen molar-refractivity contribution in [2.45, 2.75) is 57.5 Å². The summed E-state index contributed by atoms with van der Waals surface area (Å²) in [5.41, 5.74) is 0.953. The summed E-state index contributed by atoms with van der Waals surface area (Å²) in [6, 6.07) is 0.101. The van der Waals surface area contributed by atoms with E-state index in [0.29, 0.717) is 32.0 Å². The van der Waals surface area contributed by atoms with E-state index in [0.717, 1.165) is 24.2 Å². The molecule has 1 aromatic heterocycles. The predicted molar refractivity (Wildman–Crippen MR) is 96.1 cm³/mol. The van der Waals surface area contributed by atoms with Gasteiger partial charge in [-0.25, -0.2) is 22.2 Å². The van der Waals surface area contributed by atoms with Gasteiger partial charge < -0.3 is 5.32 Å². The fourth-order valence-electron chi connectivity index (χ4n) is 3.69. The van der Waals surface area contributed by atoms with E-state index in [9.17, 15) is 13.2 Å². The molecule has 25 heavy (non-hydrogen) atoms. The molecule has 9 heteroatoms. The molecule has 1 saturated carbocycles. The van der Waals surface area contributed by atoms with Crippen molar-refractivity contribution in [1.29, 1.82) is 0 Å². The molecule has 140 valence electrons. The van der Waals surface area contributed by atoms with Crippen LogP contribution < -0.4 is 10.6 Å². The number of carbonyl (C=O) groups is 1. The van der Waals surface area contributed by atoms with E-state index in [1.807, 2.05) is 11.6 Å². The van der Waals surface area contributed by atoms with Gasteiger partial charge in [-0.1, -0.05) is 12.8 Å². The van der Waals surface area contributed by atoms with Crippen LogP contribution in [0.2, 0.25) is 0 Å². The summed E-state index contributed by atoms with van der Waals surface area (Å²) in [4.78, 5) is 12.4. The molecule has 0 atom stereocenters. The smallest absolute Gasteiger partial charge is 0.320 e. The molecule has 0 radical (unpaired) electrons. The van der Waals surface area contributed by atoms with Crippen molar-refractivity contribution in [1.82, 2.24) is 19.4 Å². The molecule has 1 aromatic rings. The largest absolute Gasteiger partial charge is 0.335 e. The fourth-order valence-corrected chi connectivity index (χ4v) is 4.56. The molecular formula is C16H27N5O3S. The summed E-state index contributed by atoms with van der Waals surface area (Å²) >= 11 is 0. The molecule has 0 spiro atoms. The van der Waals surface area contributed by atoms with Crippen molar-refractivity contribution < 1.29 is 13.2 Å². The Hall–Kier alpha value is -1.61. The first-order valence-electron chi connectivity index (χ1n) is 8.91. The molecule has 0 bridgehead atoms. The van der Waals surface area contributed by atoms with E-state index in [4.69, 9.17) is 0 Å². The minimum absolute atomic E-state index is 0.0128. The van der Waals surface area contributed by atoms with Crippen LogP contribution >= 0.6 is 0 Å². The van der Waals surface area contributed by atoms with Crippen LogP contribution in [0.1, 0.15) is 50.1 Å². The lowest BCUT2D eigenvalue weighted by Gasteiger charge is -2.30. The Kier molecular flexibility index (Phi) is 5.33. The van der Waals surface area contributed by atoms with Crippen LogP contribution in [-0.2, 0) is 10.0 Å². The maximum absolute atomic E-state index is 12.4. The zero-order valence-corrected chi connectivity index (χ0v) is 15.7. The third kappa shape index (κ3) is 4.33. The van der Waals surface area contributed by atoms with Crippen molar-refractivity contribution in [3.8, 4) is 0 Å². The number of amides is 2. The highest BCUT2D eigenvalue weighted by atomic mass is 32.2. The summed E-state index contributed by atoms with van der Waals surface area (Å²) in [6.07, 6.45) is 8.87. The molecule has 0 unspecified atom stereocenters. The Labute approximate surface area is 149 Å². The van der Waals surface area contributed by atoms with E-state index < -0.39 is 10.0 Å². The highest BCUT2D eigenvalue weighted by Gasteiger charge is 2.27. The summed E-state index contributed by atoms with van der Waals surface area (Å²) in [5.74, 6) is 0.762. The van der Waals surface area contributed by atoms with Gasteiger partial charge in [0.1, 0.15) is 5.82 Å². The van der Waals surface area contributed by atoms with Gasteiger partial charge in [-0.05, 0) is 32.6 Å². The van der Waals surface area contributed by atoms with Gasteiger partial charge in [0.25, 0.3) is 0 Å². The van der Waals surface area contributed by atoms with Gasteiger partial charge in [-0.15, -0.1) is 0 Å². The average Bonchev–Trinajstić information content (AvgIpc) is 3.18. The first kappa shape index (κ1) is 18.2. The van der Waals surface area contributed by atoms with Gasteiger partial charge in [0.15, 0.2) is 0 Å². The molecule has 1 aliphatic carbocycles. The maximum atomic E-state index is 12.4. The van der Waals surface area contributed by atoms with Gasteiger partial charge in [0.05, 0.1) is 18.5 Å². The third-order valence-corrected chi connectivity index (χ3v) is 6.44. The van der Waals surface area contributed by atoms with E-state index in [1.54, 1.807) is 6.20 Å². The molecule has 2 N–H and O–H groups in total.